The van der Waals surface area contributed by atoms with Crippen LogP contribution in [0.4, 0.5) is 13.2 Å². The Bertz CT molecular complexity index is 577. The second-order valence-corrected chi connectivity index (χ2v) is 13.2. The van der Waals surface area contributed by atoms with Gasteiger partial charge in [0.1, 0.15) is 18.5 Å². The van der Waals surface area contributed by atoms with Gasteiger partial charge < -0.3 is 0 Å². The SMILES string of the molecule is CCC1CCC(C2CCC(CCCCC3CCC(C4CCC(C)CC4)C(F)[C@H]3F)CC2)C(F)C1. The van der Waals surface area contributed by atoms with Crippen LogP contribution in [0.3, 0.4) is 0 Å². The second-order valence-electron chi connectivity index (χ2n) is 13.2. The largest absolute Gasteiger partial charge is 0.247 e. The molecular weight excluding hydrogens is 429 g/mol. The Morgan fingerprint density at radius 1 is 0.588 bits per heavy atom. The van der Waals surface area contributed by atoms with E-state index >= 15 is 4.39 Å². The van der Waals surface area contributed by atoms with E-state index in [1.54, 1.807) is 0 Å². The predicted molar refractivity (Wildman–Crippen MR) is 137 cm³/mol. The molecule has 0 saturated heterocycles. The van der Waals surface area contributed by atoms with E-state index in [-0.39, 0.29) is 11.8 Å². The third-order valence-corrected chi connectivity index (χ3v) is 11.1. The molecule has 4 aliphatic rings. The fourth-order valence-corrected chi connectivity index (χ4v) is 8.60. The highest BCUT2D eigenvalue weighted by atomic mass is 19.2. The Labute approximate surface area is 208 Å². The zero-order chi connectivity index (χ0) is 24.1. The number of hydrogen-bond donors (Lipinski definition) is 0. The van der Waals surface area contributed by atoms with Crippen LogP contribution in [0.5, 0.6) is 0 Å². The summed E-state index contributed by atoms with van der Waals surface area (Å²) in [4.78, 5) is 0. The highest BCUT2D eigenvalue weighted by Gasteiger charge is 2.43. The molecule has 198 valence electrons. The molecule has 0 N–H and O–H groups in total. The van der Waals surface area contributed by atoms with Gasteiger partial charge in [-0.25, -0.2) is 13.2 Å². The van der Waals surface area contributed by atoms with Crippen molar-refractivity contribution in [3.05, 3.63) is 0 Å². The van der Waals surface area contributed by atoms with E-state index in [0.717, 1.165) is 76.0 Å². The minimum atomic E-state index is -1.23. The van der Waals surface area contributed by atoms with E-state index in [1.807, 2.05) is 0 Å². The summed E-state index contributed by atoms with van der Waals surface area (Å²) in [5.74, 6) is 3.45. The molecule has 4 fully saturated rings. The molecule has 0 aromatic rings. The van der Waals surface area contributed by atoms with Gasteiger partial charge in [-0.15, -0.1) is 0 Å². The molecule has 0 aromatic heterocycles. The van der Waals surface area contributed by atoms with Gasteiger partial charge in [0.15, 0.2) is 0 Å². The summed E-state index contributed by atoms with van der Waals surface area (Å²) in [6.07, 6.45) is 16.9. The Kier molecular flexibility index (Phi) is 10.1. The summed E-state index contributed by atoms with van der Waals surface area (Å²) >= 11 is 0. The molecule has 4 rings (SSSR count). The molecule has 0 aliphatic heterocycles. The van der Waals surface area contributed by atoms with Gasteiger partial charge in [-0.05, 0) is 112 Å². The minimum Gasteiger partial charge on any atom is -0.247 e. The molecule has 0 heterocycles. The number of alkyl halides is 3. The summed E-state index contributed by atoms with van der Waals surface area (Å²) in [7, 11) is 0. The molecule has 0 bridgehead atoms. The van der Waals surface area contributed by atoms with Gasteiger partial charge >= 0.3 is 0 Å². The van der Waals surface area contributed by atoms with E-state index in [0.29, 0.717) is 23.7 Å². The van der Waals surface area contributed by atoms with Crippen molar-refractivity contribution in [2.75, 3.05) is 0 Å². The first kappa shape index (κ1) is 26.8. The maximum absolute atomic E-state index is 15.0. The Morgan fingerprint density at radius 2 is 1.18 bits per heavy atom. The van der Waals surface area contributed by atoms with Gasteiger partial charge in [-0.3, -0.25) is 0 Å². The van der Waals surface area contributed by atoms with Crippen molar-refractivity contribution in [2.45, 2.75) is 148 Å². The van der Waals surface area contributed by atoms with Gasteiger partial charge in [-0.2, -0.15) is 0 Å². The lowest BCUT2D eigenvalue weighted by molar-refractivity contribution is -0.0140. The van der Waals surface area contributed by atoms with Crippen LogP contribution in [0, 0.1) is 47.3 Å². The lowest BCUT2D eigenvalue weighted by Gasteiger charge is -2.41. The maximum atomic E-state index is 15.0. The molecule has 4 aliphatic carbocycles. The normalized spacial score (nSPS) is 46.3. The summed E-state index contributed by atoms with van der Waals surface area (Å²) in [6, 6.07) is 0. The summed E-state index contributed by atoms with van der Waals surface area (Å²) in [6.45, 7) is 4.50. The van der Waals surface area contributed by atoms with Crippen LogP contribution in [0.25, 0.3) is 0 Å². The smallest absolute Gasteiger partial charge is 0.134 e. The van der Waals surface area contributed by atoms with Crippen molar-refractivity contribution in [3.8, 4) is 0 Å². The Morgan fingerprint density at radius 3 is 1.85 bits per heavy atom. The predicted octanol–water partition coefficient (Wildman–Crippen LogP) is 10.0. The molecule has 3 heteroatoms. The number of hydrogen-bond acceptors (Lipinski definition) is 0. The molecule has 7 atom stereocenters. The molecular formula is C31H53F3. The maximum Gasteiger partial charge on any atom is 0.134 e. The number of halogens is 3. The molecule has 0 nitrogen and oxygen atoms in total. The topological polar surface area (TPSA) is 0 Å². The van der Waals surface area contributed by atoms with Crippen LogP contribution in [-0.4, -0.2) is 18.5 Å². The first-order valence-corrected chi connectivity index (χ1v) is 15.4. The van der Waals surface area contributed by atoms with E-state index in [1.165, 1.54) is 51.4 Å². The fraction of sp³-hybridized carbons (Fsp3) is 1.00. The zero-order valence-corrected chi connectivity index (χ0v) is 22.2. The zero-order valence-electron chi connectivity index (χ0n) is 22.2. The van der Waals surface area contributed by atoms with Crippen LogP contribution < -0.4 is 0 Å². The molecule has 4 saturated carbocycles. The third kappa shape index (κ3) is 6.76. The molecule has 34 heavy (non-hydrogen) atoms. The monoisotopic (exact) mass is 482 g/mol. The van der Waals surface area contributed by atoms with Crippen molar-refractivity contribution in [1.82, 2.24) is 0 Å². The van der Waals surface area contributed by atoms with Crippen LogP contribution in [0.2, 0.25) is 0 Å². The Hall–Kier alpha value is -0.210. The average Bonchev–Trinajstić information content (AvgIpc) is 2.85. The Balaban J connectivity index is 1.10. The van der Waals surface area contributed by atoms with Crippen molar-refractivity contribution >= 4 is 0 Å². The number of rotatable bonds is 8. The lowest BCUT2D eigenvalue weighted by Crippen LogP contribution is -2.42. The van der Waals surface area contributed by atoms with Crippen molar-refractivity contribution in [3.63, 3.8) is 0 Å². The fourth-order valence-electron chi connectivity index (χ4n) is 8.60. The van der Waals surface area contributed by atoms with Crippen molar-refractivity contribution in [2.24, 2.45) is 47.3 Å². The van der Waals surface area contributed by atoms with E-state index in [9.17, 15) is 8.78 Å². The minimum absolute atomic E-state index is 0.0186. The molecule has 0 aromatic carbocycles. The lowest BCUT2D eigenvalue weighted by atomic mass is 9.67. The molecule has 0 radical (unpaired) electrons. The molecule has 6 unspecified atom stereocenters. The van der Waals surface area contributed by atoms with Gasteiger partial charge in [0.25, 0.3) is 0 Å². The van der Waals surface area contributed by atoms with Crippen LogP contribution in [0.15, 0.2) is 0 Å². The van der Waals surface area contributed by atoms with Gasteiger partial charge in [0.05, 0.1) is 0 Å². The van der Waals surface area contributed by atoms with Gasteiger partial charge in [-0.1, -0.05) is 65.2 Å². The van der Waals surface area contributed by atoms with Gasteiger partial charge in [0.2, 0.25) is 0 Å². The second kappa shape index (κ2) is 12.8. The third-order valence-electron chi connectivity index (χ3n) is 11.1. The molecule has 0 spiro atoms. The number of unbranched alkanes of at least 4 members (excludes halogenated alkanes) is 1. The van der Waals surface area contributed by atoms with E-state index in [2.05, 4.69) is 13.8 Å². The van der Waals surface area contributed by atoms with E-state index in [4.69, 9.17) is 0 Å². The van der Waals surface area contributed by atoms with Crippen molar-refractivity contribution < 1.29 is 13.2 Å². The molecule has 0 amide bonds. The highest BCUT2D eigenvalue weighted by Crippen LogP contribution is 2.46. The summed E-state index contributed by atoms with van der Waals surface area (Å²) in [5, 5.41) is 0. The van der Waals surface area contributed by atoms with Crippen molar-refractivity contribution in [1.29, 1.82) is 0 Å². The average molecular weight is 483 g/mol. The quantitative estimate of drug-likeness (QED) is 0.302. The van der Waals surface area contributed by atoms with Gasteiger partial charge in [0, 0.05) is 0 Å². The van der Waals surface area contributed by atoms with Crippen LogP contribution >= 0.6 is 0 Å². The van der Waals surface area contributed by atoms with Crippen LogP contribution in [-0.2, 0) is 0 Å². The standard InChI is InChI=1S/C31H53F3/c1-3-22-12-18-27(29(32)20-22)24-15-10-23(11-16-24)6-4-5-7-26-17-19-28(31(34)30(26)33)25-13-8-21(2)9-14-25/h21-31H,3-20H2,1-2H3/t21?,22?,23?,24?,25?,26?,27?,28?,29?,30-,31?/m0/s1. The van der Waals surface area contributed by atoms with Crippen LogP contribution in [0.1, 0.15) is 129 Å². The first-order chi connectivity index (χ1) is 16.5. The first-order valence-electron chi connectivity index (χ1n) is 15.4. The summed E-state index contributed by atoms with van der Waals surface area (Å²) < 4.78 is 44.8. The summed E-state index contributed by atoms with van der Waals surface area (Å²) in [5.41, 5.74) is 0. The highest BCUT2D eigenvalue weighted by molar-refractivity contribution is 4.92. The van der Waals surface area contributed by atoms with E-state index < -0.39 is 18.5 Å².